The molecular weight excluding hydrogens is 513 g/mol. The number of hydrogen-bond acceptors (Lipinski definition) is 5. The maximum Gasteiger partial charge on any atom is 0.408 e. The SMILES string of the molecule is CC(C)c1cc(C[C@H]2C(=O)N(C(=O)N[C@@H](C3CCCCC3)C(F)(F)F)[C@@H]2C(=O)N(C)c2ccnn2C)ccn1. The molecule has 3 heterocycles. The van der Waals surface area contributed by atoms with Crippen molar-refractivity contribution in [2.75, 3.05) is 11.9 Å². The zero-order chi connectivity index (χ0) is 28.5. The van der Waals surface area contributed by atoms with Gasteiger partial charge >= 0.3 is 12.2 Å². The molecular formula is C27H35F3N6O3. The first-order chi connectivity index (χ1) is 18.4. The Balaban J connectivity index is 1.61. The Morgan fingerprint density at radius 1 is 1.15 bits per heavy atom. The number of alkyl halides is 3. The number of aromatic nitrogens is 3. The Morgan fingerprint density at radius 2 is 1.85 bits per heavy atom. The molecule has 1 aliphatic carbocycles. The van der Waals surface area contributed by atoms with E-state index in [1.165, 1.54) is 22.8 Å². The summed E-state index contributed by atoms with van der Waals surface area (Å²) < 4.78 is 43.5. The van der Waals surface area contributed by atoms with E-state index >= 15 is 0 Å². The summed E-state index contributed by atoms with van der Waals surface area (Å²) in [6.45, 7) is 3.95. The lowest BCUT2D eigenvalue weighted by molar-refractivity contribution is -0.170. The van der Waals surface area contributed by atoms with Gasteiger partial charge < -0.3 is 5.32 Å². The van der Waals surface area contributed by atoms with Crippen molar-refractivity contribution in [3.8, 4) is 0 Å². The van der Waals surface area contributed by atoms with Crippen LogP contribution in [0.25, 0.3) is 0 Å². The number of carbonyl (C=O) groups is 3. The number of urea groups is 1. The van der Waals surface area contributed by atoms with Gasteiger partial charge in [-0.1, -0.05) is 33.1 Å². The number of aryl methyl sites for hydroxylation is 1. The molecule has 0 radical (unpaired) electrons. The van der Waals surface area contributed by atoms with Gasteiger partial charge in [-0.15, -0.1) is 0 Å². The summed E-state index contributed by atoms with van der Waals surface area (Å²) >= 11 is 0. The van der Waals surface area contributed by atoms with E-state index in [9.17, 15) is 27.6 Å². The van der Waals surface area contributed by atoms with E-state index in [1.807, 2.05) is 19.9 Å². The van der Waals surface area contributed by atoms with Crippen LogP contribution >= 0.6 is 0 Å². The molecule has 2 fully saturated rings. The third kappa shape index (κ3) is 5.94. The summed E-state index contributed by atoms with van der Waals surface area (Å²) in [6, 6.07) is 0.619. The second-order valence-corrected chi connectivity index (χ2v) is 10.8. The van der Waals surface area contributed by atoms with Gasteiger partial charge in [-0.05, 0) is 48.8 Å². The van der Waals surface area contributed by atoms with Crippen molar-refractivity contribution in [2.24, 2.45) is 18.9 Å². The molecule has 1 saturated carbocycles. The van der Waals surface area contributed by atoms with Crippen LogP contribution in [0.1, 0.15) is 63.1 Å². The van der Waals surface area contributed by atoms with E-state index in [1.54, 1.807) is 25.4 Å². The lowest BCUT2D eigenvalue weighted by atomic mass is 9.81. The summed E-state index contributed by atoms with van der Waals surface area (Å²) in [5.41, 5.74) is 1.56. The highest BCUT2D eigenvalue weighted by atomic mass is 19.4. The summed E-state index contributed by atoms with van der Waals surface area (Å²) in [7, 11) is 3.12. The molecule has 39 heavy (non-hydrogen) atoms. The first kappa shape index (κ1) is 28.6. The van der Waals surface area contributed by atoms with Gasteiger partial charge in [0, 0.05) is 32.1 Å². The van der Waals surface area contributed by atoms with Gasteiger partial charge in [0.1, 0.15) is 17.9 Å². The standard InChI is InChI=1S/C27H35F3N6O3/c1-16(2)20-15-17(10-12-31-20)14-19-22(25(38)34(3)21-11-13-32-35(21)4)36(24(19)37)26(39)33-23(27(28,29)30)18-8-6-5-7-9-18/h10-13,15-16,18-19,22-23H,5-9,14H2,1-4H3,(H,33,39)/t19-,22+,23+/m1/s1. The smallest absolute Gasteiger partial charge is 0.325 e. The Bertz CT molecular complexity index is 1210. The van der Waals surface area contributed by atoms with E-state index in [0.29, 0.717) is 36.4 Å². The van der Waals surface area contributed by atoms with Crippen LogP contribution in [-0.4, -0.2) is 62.8 Å². The van der Waals surface area contributed by atoms with E-state index in [4.69, 9.17) is 0 Å². The lowest BCUT2D eigenvalue weighted by Crippen LogP contribution is -2.71. The number of likely N-dealkylation sites (tertiary alicyclic amines) is 1. The Kier molecular flexibility index (Phi) is 8.31. The Labute approximate surface area is 225 Å². The molecule has 2 aromatic rings. The zero-order valence-corrected chi connectivity index (χ0v) is 22.6. The highest BCUT2D eigenvalue weighted by Gasteiger charge is 2.57. The predicted molar refractivity (Wildman–Crippen MR) is 138 cm³/mol. The molecule has 0 bridgehead atoms. The van der Waals surface area contributed by atoms with Crippen LogP contribution in [0, 0.1) is 11.8 Å². The second-order valence-electron chi connectivity index (χ2n) is 10.8. The van der Waals surface area contributed by atoms with E-state index in [2.05, 4.69) is 15.4 Å². The molecule has 9 nitrogen and oxygen atoms in total. The average Bonchev–Trinajstić information content (AvgIpc) is 3.33. The maximum absolute atomic E-state index is 14.0. The molecule has 1 N–H and O–H groups in total. The van der Waals surface area contributed by atoms with Gasteiger partial charge in [0.05, 0.1) is 12.1 Å². The predicted octanol–water partition coefficient (Wildman–Crippen LogP) is 4.19. The molecule has 2 aliphatic rings. The van der Waals surface area contributed by atoms with Crippen molar-refractivity contribution in [2.45, 2.75) is 76.6 Å². The number of nitrogens with zero attached hydrogens (tertiary/aromatic N) is 5. The topological polar surface area (TPSA) is 100 Å². The summed E-state index contributed by atoms with van der Waals surface area (Å²) in [5.74, 6) is -2.40. The largest absolute Gasteiger partial charge is 0.408 e. The first-order valence-corrected chi connectivity index (χ1v) is 13.3. The number of pyridine rings is 1. The van der Waals surface area contributed by atoms with Crippen molar-refractivity contribution < 1.29 is 27.6 Å². The van der Waals surface area contributed by atoms with Crippen LogP contribution in [0.15, 0.2) is 30.6 Å². The Hall–Kier alpha value is -3.44. The molecule has 2 aromatic heterocycles. The lowest BCUT2D eigenvalue weighted by Gasteiger charge is -2.46. The van der Waals surface area contributed by atoms with Gasteiger partial charge in [0.2, 0.25) is 5.91 Å². The fourth-order valence-electron chi connectivity index (χ4n) is 5.59. The van der Waals surface area contributed by atoms with Crippen molar-refractivity contribution >= 4 is 23.7 Å². The normalized spacial score (nSPS) is 21.0. The van der Waals surface area contributed by atoms with Crippen molar-refractivity contribution in [3.05, 3.63) is 41.9 Å². The highest BCUT2D eigenvalue weighted by Crippen LogP contribution is 2.37. The van der Waals surface area contributed by atoms with Gasteiger partial charge in [-0.25, -0.2) is 4.79 Å². The summed E-state index contributed by atoms with van der Waals surface area (Å²) in [5, 5.41) is 6.13. The molecule has 1 saturated heterocycles. The van der Waals surface area contributed by atoms with Crippen LogP contribution < -0.4 is 10.2 Å². The number of anilines is 1. The molecule has 0 unspecified atom stereocenters. The zero-order valence-electron chi connectivity index (χ0n) is 22.6. The number of halogens is 3. The fraction of sp³-hybridized carbons (Fsp3) is 0.593. The first-order valence-electron chi connectivity index (χ1n) is 13.3. The highest BCUT2D eigenvalue weighted by molar-refractivity contribution is 6.12. The van der Waals surface area contributed by atoms with Gasteiger partial charge in [0.15, 0.2) is 0 Å². The number of hydrogen-bond donors (Lipinski definition) is 1. The van der Waals surface area contributed by atoms with E-state index in [0.717, 1.165) is 17.7 Å². The molecule has 4 amide bonds. The van der Waals surface area contributed by atoms with E-state index in [-0.39, 0.29) is 12.3 Å². The molecule has 0 aromatic carbocycles. The number of amides is 4. The quantitative estimate of drug-likeness (QED) is 0.523. The third-order valence-corrected chi connectivity index (χ3v) is 7.80. The number of likely N-dealkylation sites (N-methyl/N-ethyl adjacent to an activating group) is 1. The second kappa shape index (κ2) is 11.4. The van der Waals surface area contributed by atoms with Crippen LogP contribution in [0.4, 0.5) is 23.8 Å². The van der Waals surface area contributed by atoms with Crippen molar-refractivity contribution in [1.29, 1.82) is 0 Å². The molecule has 4 rings (SSSR count). The minimum atomic E-state index is -4.68. The van der Waals surface area contributed by atoms with Crippen molar-refractivity contribution in [3.63, 3.8) is 0 Å². The van der Waals surface area contributed by atoms with Crippen LogP contribution in [-0.2, 0) is 23.1 Å². The molecule has 3 atom stereocenters. The van der Waals surface area contributed by atoms with Crippen LogP contribution in [0.2, 0.25) is 0 Å². The fourth-order valence-corrected chi connectivity index (χ4v) is 5.59. The number of imide groups is 1. The summed E-state index contributed by atoms with van der Waals surface area (Å²) in [6.07, 6.45) is 1.42. The van der Waals surface area contributed by atoms with Crippen molar-refractivity contribution in [1.82, 2.24) is 25.0 Å². The number of β-lactam (4-membered cyclic amide) rings is 1. The van der Waals surface area contributed by atoms with Crippen LogP contribution in [0.5, 0.6) is 0 Å². The van der Waals surface area contributed by atoms with E-state index < -0.39 is 47.9 Å². The number of nitrogens with one attached hydrogen (secondary N) is 1. The molecule has 0 spiro atoms. The number of rotatable bonds is 7. The minimum absolute atomic E-state index is 0.136. The van der Waals surface area contributed by atoms with Crippen LogP contribution in [0.3, 0.4) is 0 Å². The summed E-state index contributed by atoms with van der Waals surface area (Å²) in [4.78, 5) is 46.5. The Morgan fingerprint density at radius 3 is 2.44 bits per heavy atom. The minimum Gasteiger partial charge on any atom is -0.325 e. The molecule has 12 heteroatoms. The van der Waals surface area contributed by atoms with Gasteiger partial charge in [-0.3, -0.25) is 29.1 Å². The van der Waals surface area contributed by atoms with Gasteiger partial charge in [0.25, 0.3) is 5.91 Å². The maximum atomic E-state index is 14.0. The third-order valence-electron chi connectivity index (χ3n) is 7.80. The van der Waals surface area contributed by atoms with Gasteiger partial charge in [-0.2, -0.15) is 18.3 Å². The monoisotopic (exact) mass is 548 g/mol. The molecule has 212 valence electrons. The number of carbonyl (C=O) groups excluding carboxylic acids is 3. The average molecular weight is 549 g/mol. The molecule has 1 aliphatic heterocycles.